The van der Waals surface area contributed by atoms with Crippen molar-refractivity contribution in [3.8, 4) is 0 Å². The van der Waals surface area contributed by atoms with E-state index in [0.717, 1.165) is 11.3 Å². The third-order valence-corrected chi connectivity index (χ3v) is 8.18. The van der Waals surface area contributed by atoms with E-state index in [1.165, 1.54) is 5.57 Å². The van der Waals surface area contributed by atoms with Crippen LogP contribution in [0.2, 0.25) is 0 Å². The molecule has 2 aliphatic rings. The molecule has 0 spiro atoms. The van der Waals surface area contributed by atoms with Crippen LogP contribution in [-0.2, 0) is 21.2 Å². The van der Waals surface area contributed by atoms with Crippen LogP contribution in [0.15, 0.2) is 35.9 Å². The van der Waals surface area contributed by atoms with E-state index < -0.39 is 9.84 Å². The van der Waals surface area contributed by atoms with Gasteiger partial charge in [-0.05, 0) is 49.3 Å². The quantitative estimate of drug-likeness (QED) is 0.664. The van der Waals surface area contributed by atoms with E-state index in [-0.39, 0.29) is 40.7 Å². The molecule has 6 heteroatoms. The van der Waals surface area contributed by atoms with Crippen molar-refractivity contribution in [2.45, 2.75) is 46.7 Å². The van der Waals surface area contributed by atoms with E-state index in [9.17, 15) is 13.2 Å². The van der Waals surface area contributed by atoms with Crippen molar-refractivity contribution < 1.29 is 13.2 Å². The van der Waals surface area contributed by atoms with Gasteiger partial charge >= 0.3 is 0 Å². The van der Waals surface area contributed by atoms with E-state index in [1.54, 1.807) is 0 Å². The molecule has 1 saturated carbocycles. The van der Waals surface area contributed by atoms with Gasteiger partial charge in [0.05, 0.1) is 17.4 Å². The van der Waals surface area contributed by atoms with Crippen molar-refractivity contribution in [2.24, 2.45) is 17.3 Å². The Kier molecular flexibility index (Phi) is 5.87. The first-order valence-electron chi connectivity index (χ1n) is 10.3. The predicted molar refractivity (Wildman–Crippen MR) is 119 cm³/mol. The van der Waals surface area contributed by atoms with Crippen molar-refractivity contribution in [3.05, 3.63) is 41.5 Å². The standard InChI is InChI=1S/C23H34N2O3S/c1-16(2)13-20-21(23(20,3)4)22(26)25(19-11-12-29(27,28)15-19)14-17-7-9-18(10-8-17)24(5)6/h7-10,13,19-21H,11-12,14-15H2,1-6H3/t19-,20+,21+/m0/s1. The van der Waals surface area contributed by atoms with E-state index >= 15 is 0 Å². The summed E-state index contributed by atoms with van der Waals surface area (Å²) in [5.41, 5.74) is 3.26. The Morgan fingerprint density at radius 1 is 1.17 bits per heavy atom. The predicted octanol–water partition coefficient (Wildman–Crippen LogP) is 3.51. The van der Waals surface area contributed by atoms with Crippen LogP contribution in [0.1, 0.15) is 39.7 Å². The fourth-order valence-corrected chi connectivity index (χ4v) is 6.23. The van der Waals surface area contributed by atoms with Crippen LogP contribution in [0.3, 0.4) is 0 Å². The van der Waals surface area contributed by atoms with E-state index in [4.69, 9.17) is 0 Å². The van der Waals surface area contributed by atoms with Gasteiger partial charge in [-0.25, -0.2) is 8.42 Å². The highest BCUT2D eigenvalue weighted by molar-refractivity contribution is 7.91. The highest BCUT2D eigenvalue weighted by atomic mass is 32.2. The number of anilines is 1. The van der Waals surface area contributed by atoms with Gasteiger partial charge in [-0.2, -0.15) is 0 Å². The van der Waals surface area contributed by atoms with Crippen LogP contribution in [0.5, 0.6) is 0 Å². The van der Waals surface area contributed by atoms with Crippen molar-refractivity contribution in [1.29, 1.82) is 0 Å². The van der Waals surface area contributed by atoms with Crippen molar-refractivity contribution in [2.75, 3.05) is 30.5 Å². The molecule has 1 amide bonds. The zero-order valence-corrected chi connectivity index (χ0v) is 19.3. The highest BCUT2D eigenvalue weighted by Crippen LogP contribution is 2.60. The Balaban J connectivity index is 1.86. The molecule has 3 rings (SSSR count). The molecule has 1 heterocycles. The molecule has 0 radical (unpaired) electrons. The monoisotopic (exact) mass is 418 g/mol. The summed E-state index contributed by atoms with van der Waals surface area (Å²) in [6.07, 6.45) is 2.72. The van der Waals surface area contributed by atoms with E-state index in [2.05, 4.69) is 33.8 Å². The summed E-state index contributed by atoms with van der Waals surface area (Å²) in [7, 11) is 0.922. The average molecular weight is 419 g/mol. The number of carbonyl (C=O) groups excluding carboxylic acids is 1. The molecule has 1 aliphatic carbocycles. The number of nitrogens with zero attached hydrogens (tertiary/aromatic N) is 2. The second-order valence-corrected chi connectivity index (χ2v) is 11.9. The number of carbonyl (C=O) groups is 1. The Morgan fingerprint density at radius 3 is 2.28 bits per heavy atom. The highest BCUT2D eigenvalue weighted by Gasteiger charge is 2.61. The number of allylic oxidation sites excluding steroid dienone is 2. The maximum atomic E-state index is 13.6. The summed E-state index contributed by atoms with van der Waals surface area (Å²) in [6.45, 7) is 8.85. The van der Waals surface area contributed by atoms with Gasteiger partial charge in [-0.3, -0.25) is 4.79 Å². The zero-order chi connectivity index (χ0) is 21.6. The molecule has 3 atom stereocenters. The Hall–Kier alpha value is -1.82. The number of amides is 1. The van der Waals surface area contributed by atoms with Gasteiger partial charge in [0.1, 0.15) is 0 Å². The largest absolute Gasteiger partial charge is 0.378 e. The third kappa shape index (κ3) is 4.68. The first kappa shape index (κ1) is 21.9. The molecule has 1 aromatic rings. The molecular weight excluding hydrogens is 384 g/mol. The number of hydrogen-bond acceptors (Lipinski definition) is 4. The van der Waals surface area contributed by atoms with Gasteiger partial charge in [0, 0.05) is 32.4 Å². The van der Waals surface area contributed by atoms with Gasteiger partial charge in [0.2, 0.25) is 5.91 Å². The van der Waals surface area contributed by atoms with Gasteiger partial charge in [0.15, 0.2) is 9.84 Å². The summed E-state index contributed by atoms with van der Waals surface area (Å²) >= 11 is 0. The van der Waals surface area contributed by atoms with Crippen LogP contribution >= 0.6 is 0 Å². The number of hydrogen-bond donors (Lipinski definition) is 0. The lowest BCUT2D eigenvalue weighted by molar-refractivity contribution is -0.136. The molecule has 0 N–H and O–H groups in total. The molecule has 0 bridgehead atoms. The first-order chi connectivity index (χ1) is 13.4. The lowest BCUT2D eigenvalue weighted by atomic mass is 10.1. The van der Waals surface area contributed by atoms with Crippen molar-refractivity contribution in [1.82, 2.24) is 4.90 Å². The second-order valence-electron chi connectivity index (χ2n) is 9.65. The SMILES string of the molecule is CC(C)=C[C@@H]1[C@H](C(=O)N(Cc2ccc(N(C)C)cc2)[C@H]2CCS(=O)(=O)C2)C1(C)C. The maximum absolute atomic E-state index is 13.6. The molecule has 29 heavy (non-hydrogen) atoms. The van der Waals surface area contributed by atoms with Gasteiger partial charge < -0.3 is 9.80 Å². The maximum Gasteiger partial charge on any atom is 0.227 e. The van der Waals surface area contributed by atoms with Crippen molar-refractivity contribution >= 4 is 21.4 Å². The molecule has 1 aliphatic heterocycles. The summed E-state index contributed by atoms with van der Waals surface area (Å²) in [5.74, 6) is 0.483. The normalized spacial score (nSPS) is 26.6. The van der Waals surface area contributed by atoms with Crippen molar-refractivity contribution in [3.63, 3.8) is 0 Å². The first-order valence-corrected chi connectivity index (χ1v) is 12.2. The fourth-order valence-electron chi connectivity index (χ4n) is 4.50. The smallest absolute Gasteiger partial charge is 0.227 e. The van der Waals surface area contributed by atoms with Gasteiger partial charge in [0.25, 0.3) is 0 Å². The molecular formula is C23H34N2O3S. The Morgan fingerprint density at radius 2 is 1.79 bits per heavy atom. The fraction of sp³-hybridized carbons (Fsp3) is 0.609. The number of rotatable bonds is 6. The second kappa shape index (κ2) is 7.78. The molecule has 5 nitrogen and oxygen atoms in total. The molecule has 160 valence electrons. The number of sulfone groups is 1. The van der Waals surface area contributed by atoms with Crippen LogP contribution in [0.4, 0.5) is 5.69 Å². The average Bonchev–Trinajstić information content (AvgIpc) is 2.94. The van der Waals surface area contributed by atoms with Crippen LogP contribution < -0.4 is 4.90 Å². The Bertz CT molecular complexity index is 897. The summed E-state index contributed by atoms with van der Waals surface area (Å²) in [6, 6.07) is 7.91. The third-order valence-electron chi connectivity index (χ3n) is 6.43. The minimum absolute atomic E-state index is 0.0784. The van der Waals surface area contributed by atoms with Crippen LogP contribution in [0.25, 0.3) is 0 Å². The zero-order valence-electron chi connectivity index (χ0n) is 18.5. The summed E-state index contributed by atoms with van der Waals surface area (Å²) in [5, 5.41) is 0. The minimum Gasteiger partial charge on any atom is -0.378 e. The minimum atomic E-state index is -3.06. The molecule has 2 fully saturated rings. The van der Waals surface area contributed by atoms with Crippen LogP contribution in [0, 0.1) is 17.3 Å². The lowest BCUT2D eigenvalue weighted by Gasteiger charge is -2.29. The van der Waals surface area contributed by atoms with Gasteiger partial charge in [-0.15, -0.1) is 0 Å². The lowest BCUT2D eigenvalue weighted by Crippen LogP contribution is -2.42. The molecule has 0 unspecified atom stereocenters. The summed E-state index contributed by atoms with van der Waals surface area (Å²) in [4.78, 5) is 17.5. The molecule has 1 saturated heterocycles. The molecule has 0 aromatic heterocycles. The van der Waals surface area contributed by atoms with E-state index in [0.29, 0.717) is 13.0 Å². The van der Waals surface area contributed by atoms with Gasteiger partial charge in [-0.1, -0.05) is 37.6 Å². The van der Waals surface area contributed by atoms with E-state index in [1.807, 2.05) is 48.2 Å². The van der Waals surface area contributed by atoms with Crippen LogP contribution in [-0.4, -0.2) is 50.9 Å². The Labute approximate surface area is 175 Å². The molecule has 1 aromatic carbocycles. The number of benzene rings is 1. The summed E-state index contributed by atoms with van der Waals surface area (Å²) < 4.78 is 24.2. The topological polar surface area (TPSA) is 57.7 Å².